The molecule has 20 heavy (non-hydrogen) atoms. The van der Waals surface area contributed by atoms with E-state index >= 15 is 0 Å². The van der Waals surface area contributed by atoms with Gasteiger partial charge in [-0.15, -0.1) is 11.6 Å². The third kappa shape index (κ3) is 2.73. The van der Waals surface area contributed by atoms with Crippen LogP contribution in [0.4, 0.5) is 4.39 Å². The van der Waals surface area contributed by atoms with Gasteiger partial charge in [0.1, 0.15) is 17.3 Å². The van der Waals surface area contributed by atoms with Gasteiger partial charge in [-0.05, 0) is 29.8 Å². The van der Waals surface area contributed by atoms with E-state index < -0.39 is 0 Å². The lowest BCUT2D eigenvalue weighted by Gasteiger charge is -2.08. The van der Waals surface area contributed by atoms with Gasteiger partial charge in [0.2, 0.25) is 0 Å². The molecule has 4 heteroatoms. The topological polar surface area (TPSA) is 22.1 Å². The Labute approximate surface area is 120 Å². The van der Waals surface area contributed by atoms with E-state index in [0.29, 0.717) is 17.1 Å². The summed E-state index contributed by atoms with van der Waals surface area (Å²) in [6, 6.07) is 14.0. The lowest BCUT2D eigenvalue weighted by molar-refractivity contribution is 0.475. The second kappa shape index (κ2) is 5.47. The van der Waals surface area contributed by atoms with Gasteiger partial charge in [-0.3, -0.25) is 4.98 Å². The fourth-order valence-corrected chi connectivity index (χ4v) is 2.15. The zero-order valence-electron chi connectivity index (χ0n) is 10.5. The Hall–Kier alpha value is -2.13. The number of nitrogens with zero attached hydrogens (tertiary/aromatic N) is 1. The molecule has 1 aromatic heterocycles. The molecular formula is C16H11ClFNO. The van der Waals surface area contributed by atoms with Crippen LogP contribution in [-0.2, 0) is 5.88 Å². The van der Waals surface area contributed by atoms with Crippen molar-refractivity contribution in [3.63, 3.8) is 0 Å². The van der Waals surface area contributed by atoms with Crippen molar-refractivity contribution in [1.29, 1.82) is 0 Å². The Morgan fingerprint density at radius 3 is 2.75 bits per heavy atom. The molecule has 0 amide bonds. The summed E-state index contributed by atoms with van der Waals surface area (Å²) in [6.07, 6.45) is 1.62. The first-order chi connectivity index (χ1) is 9.74. The molecule has 1 heterocycles. The van der Waals surface area contributed by atoms with Gasteiger partial charge in [-0.2, -0.15) is 0 Å². The maximum atomic E-state index is 13.4. The maximum absolute atomic E-state index is 13.4. The maximum Gasteiger partial charge on any atom is 0.146 e. The van der Waals surface area contributed by atoms with Crippen LogP contribution in [0.15, 0.2) is 54.7 Å². The zero-order valence-corrected chi connectivity index (χ0v) is 11.3. The first-order valence-electron chi connectivity index (χ1n) is 6.13. The van der Waals surface area contributed by atoms with Crippen molar-refractivity contribution in [1.82, 2.24) is 4.98 Å². The van der Waals surface area contributed by atoms with Gasteiger partial charge in [0, 0.05) is 17.3 Å². The van der Waals surface area contributed by atoms with Crippen LogP contribution in [0, 0.1) is 5.82 Å². The SMILES string of the molecule is Fc1cc(CCl)cc(Oc2cnc3ccccc3c2)c1. The highest BCUT2D eigenvalue weighted by Crippen LogP contribution is 2.26. The summed E-state index contributed by atoms with van der Waals surface area (Å²) < 4.78 is 19.1. The minimum absolute atomic E-state index is 0.240. The molecule has 0 aliphatic rings. The van der Waals surface area contributed by atoms with Crippen LogP contribution in [0.25, 0.3) is 10.9 Å². The normalized spacial score (nSPS) is 10.7. The number of rotatable bonds is 3. The van der Waals surface area contributed by atoms with E-state index in [1.807, 2.05) is 30.3 Å². The fourth-order valence-electron chi connectivity index (χ4n) is 2.00. The average molecular weight is 288 g/mol. The predicted molar refractivity (Wildman–Crippen MR) is 77.8 cm³/mol. The Morgan fingerprint density at radius 2 is 1.90 bits per heavy atom. The molecule has 0 aliphatic heterocycles. The van der Waals surface area contributed by atoms with Crippen LogP contribution in [0.5, 0.6) is 11.5 Å². The van der Waals surface area contributed by atoms with Gasteiger partial charge in [0.25, 0.3) is 0 Å². The monoisotopic (exact) mass is 287 g/mol. The molecule has 3 rings (SSSR count). The van der Waals surface area contributed by atoms with Crippen molar-refractivity contribution in [2.45, 2.75) is 5.88 Å². The highest BCUT2D eigenvalue weighted by atomic mass is 35.5. The van der Waals surface area contributed by atoms with Gasteiger partial charge in [-0.1, -0.05) is 18.2 Å². The fraction of sp³-hybridized carbons (Fsp3) is 0.0625. The van der Waals surface area contributed by atoms with Gasteiger partial charge < -0.3 is 4.74 Å². The molecule has 0 fully saturated rings. The van der Waals surface area contributed by atoms with E-state index in [1.54, 1.807) is 12.3 Å². The van der Waals surface area contributed by atoms with Crippen molar-refractivity contribution in [2.24, 2.45) is 0 Å². The van der Waals surface area contributed by atoms with Gasteiger partial charge in [0.05, 0.1) is 11.7 Å². The standard InChI is InChI=1S/C16H11ClFNO/c17-9-11-5-13(18)8-14(6-11)20-15-7-12-3-1-2-4-16(12)19-10-15/h1-8,10H,9H2. The molecule has 0 saturated carbocycles. The number of hydrogen-bond acceptors (Lipinski definition) is 2. The summed E-state index contributed by atoms with van der Waals surface area (Å²) in [6.45, 7) is 0. The van der Waals surface area contributed by atoms with Gasteiger partial charge in [-0.25, -0.2) is 4.39 Å². The molecule has 0 N–H and O–H groups in total. The van der Waals surface area contributed by atoms with E-state index in [0.717, 1.165) is 10.9 Å². The van der Waals surface area contributed by atoms with E-state index in [1.165, 1.54) is 12.1 Å². The van der Waals surface area contributed by atoms with Gasteiger partial charge >= 0.3 is 0 Å². The second-order valence-corrected chi connectivity index (χ2v) is 4.66. The highest BCUT2D eigenvalue weighted by molar-refractivity contribution is 6.17. The molecule has 0 unspecified atom stereocenters. The molecule has 0 atom stereocenters. The molecule has 0 spiro atoms. The number of ether oxygens (including phenoxy) is 1. The van der Waals surface area contributed by atoms with Crippen LogP contribution >= 0.6 is 11.6 Å². The number of aromatic nitrogens is 1. The largest absolute Gasteiger partial charge is 0.456 e. The number of para-hydroxylation sites is 1. The summed E-state index contributed by atoms with van der Waals surface area (Å²) in [4.78, 5) is 4.30. The summed E-state index contributed by atoms with van der Waals surface area (Å²) >= 11 is 5.72. The third-order valence-corrected chi connectivity index (χ3v) is 3.20. The van der Waals surface area contributed by atoms with Crippen molar-refractivity contribution in [2.75, 3.05) is 0 Å². The molecule has 0 aliphatic carbocycles. The van der Waals surface area contributed by atoms with Crippen LogP contribution in [0.3, 0.4) is 0 Å². The quantitative estimate of drug-likeness (QED) is 0.639. The van der Waals surface area contributed by atoms with Crippen molar-refractivity contribution in [3.8, 4) is 11.5 Å². The van der Waals surface area contributed by atoms with Crippen molar-refractivity contribution >= 4 is 22.5 Å². The molecule has 0 radical (unpaired) electrons. The summed E-state index contributed by atoms with van der Waals surface area (Å²) in [5.74, 6) is 0.851. The Kier molecular flexibility index (Phi) is 3.52. The van der Waals surface area contributed by atoms with E-state index in [-0.39, 0.29) is 11.7 Å². The molecule has 0 bridgehead atoms. The molecule has 0 saturated heterocycles. The summed E-state index contributed by atoms with van der Waals surface area (Å²) in [7, 11) is 0. The summed E-state index contributed by atoms with van der Waals surface area (Å²) in [5, 5.41) is 0.971. The molecule has 100 valence electrons. The van der Waals surface area contributed by atoms with Crippen LogP contribution in [-0.4, -0.2) is 4.98 Å². The number of alkyl halides is 1. The number of benzene rings is 2. The van der Waals surface area contributed by atoms with Crippen LogP contribution in [0.1, 0.15) is 5.56 Å². The van der Waals surface area contributed by atoms with Crippen molar-refractivity contribution in [3.05, 3.63) is 66.1 Å². The van der Waals surface area contributed by atoms with Crippen LogP contribution in [0.2, 0.25) is 0 Å². The van der Waals surface area contributed by atoms with Crippen LogP contribution < -0.4 is 4.74 Å². The number of pyridine rings is 1. The van der Waals surface area contributed by atoms with Crippen molar-refractivity contribution < 1.29 is 9.13 Å². The molecular weight excluding hydrogens is 277 g/mol. The number of fused-ring (bicyclic) bond motifs is 1. The van der Waals surface area contributed by atoms with E-state index in [9.17, 15) is 4.39 Å². The Morgan fingerprint density at radius 1 is 1.05 bits per heavy atom. The van der Waals surface area contributed by atoms with E-state index in [2.05, 4.69) is 4.98 Å². The predicted octanol–water partition coefficient (Wildman–Crippen LogP) is 4.91. The molecule has 3 aromatic rings. The summed E-state index contributed by atoms with van der Waals surface area (Å²) in [5.41, 5.74) is 1.57. The Balaban J connectivity index is 1.94. The molecule has 2 aromatic carbocycles. The minimum atomic E-state index is -0.369. The molecule has 2 nitrogen and oxygen atoms in total. The number of hydrogen-bond donors (Lipinski definition) is 0. The Bertz CT molecular complexity index is 760. The minimum Gasteiger partial charge on any atom is -0.456 e. The average Bonchev–Trinajstić information content (AvgIpc) is 2.46. The lowest BCUT2D eigenvalue weighted by Crippen LogP contribution is -1.89. The highest BCUT2D eigenvalue weighted by Gasteiger charge is 2.04. The zero-order chi connectivity index (χ0) is 13.9. The number of halogens is 2. The van der Waals surface area contributed by atoms with Gasteiger partial charge in [0.15, 0.2) is 0 Å². The first-order valence-corrected chi connectivity index (χ1v) is 6.66. The first kappa shape index (κ1) is 12.9. The smallest absolute Gasteiger partial charge is 0.146 e. The lowest BCUT2D eigenvalue weighted by atomic mass is 10.2. The second-order valence-electron chi connectivity index (χ2n) is 4.39. The van der Waals surface area contributed by atoms with E-state index in [4.69, 9.17) is 16.3 Å². The third-order valence-electron chi connectivity index (χ3n) is 2.89.